The summed E-state index contributed by atoms with van der Waals surface area (Å²) in [5, 5.41) is 7.86. The van der Waals surface area contributed by atoms with E-state index in [9.17, 15) is 4.79 Å². The van der Waals surface area contributed by atoms with Crippen molar-refractivity contribution in [2.45, 2.75) is 39.3 Å². The SMILES string of the molecule is CC(C)(C)NC(=O)Nc1ccc(N2CCCN(Cc3cccs3)CC2)nc1. The molecule has 3 heterocycles. The Labute approximate surface area is 165 Å². The molecule has 0 bridgehead atoms. The van der Waals surface area contributed by atoms with Crippen LogP contribution in [0.25, 0.3) is 0 Å². The van der Waals surface area contributed by atoms with E-state index in [-0.39, 0.29) is 11.6 Å². The minimum atomic E-state index is -0.265. The summed E-state index contributed by atoms with van der Waals surface area (Å²) in [7, 11) is 0. The number of nitrogens with zero attached hydrogens (tertiary/aromatic N) is 3. The first-order valence-corrected chi connectivity index (χ1v) is 10.3. The number of anilines is 2. The molecular weight excluding hydrogens is 358 g/mol. The van der Waals surface area contributed by atoms with Crippen molar-refractivity contribution in [3.05, 3.63) is 40.7 Å². The Kier molecular flexibility index (Phi) is 6.34. The van der Waals surface area contributed by atoms with E-state index in [0.29, 0.717) is 5.69 Å². The Balaban J connectivity index is 1.53. The van der Waals surface area contributed by atoms with Gasteiger partial charge in [0.1, 0.15) is 5.82 Å². The maximum absolute atomic E-state index is 12.0. The van der Waals surface area contributed by atoms with Gasteiger partial charge in [-0.1, -0.05) is 6.07 Å². The molecule has 2 N–H and O–H groups in total. The molecule has 0 atom stereocenters. The van der Waals surface area contributed by atoms with Crippen LogP contribution in [0.2, 0.25) is 0 Å². The molecule has 3 rings (SSSR count). The third kappa shape index (κ3) is 6.22. The van der Waals surface area contributed by atoms with Gasteiger partial charge in [-0.25, -0.2) is 9.78 Å². The van der Waals surface area contributed by atoms with E-state index >= 15 is 0 Å². The van der Waals surface area contributed by atoms with Gasteiger partial charge in [-0.2, -0.15) is 0 Å². The minimum absolute atomic E-state index is 0.212. The smallest absolute Gasteiger partial charge is 0.319 e. The Morgan fingerprint density at radius 2 is 2.04 bits per heavy atom. The van der Waals surface area contributed by atoms with E-state index in [1.165, 1.54) is 4.88 Å². The number of amides is 2. The predicted octanol–water partition coefficient (Wildman–Crippen LogP) is 3.78. The summed E-state index contributed by atoms with van der Waals surface area (Å²) in [6.45, 7) is 11.0. The van der Waals surface area contributed by atoms with Gasteiger partial charge >= 0.3 is 6.03 Å². The molecule has 0 unspecified atom stereocenters. The molecule has 1 fully saturated rings. The van der Waals surface area contributed by atoms with E-state index in [4.69, 9.17) is 0 Å². The monoisotopic (exact) mass is 387 g/mol. The maximum atomic E-state index is 12.0. The summed E-state index contributed by atoms with van der Waals surface area (Å²) in [6, 6.07) is 8.01. The van der Waals surface area contributed by atoms with Gasteiger partial charge in [-0.3, -0.25) is 4.90 Å². The Morgan fingerprint density at radius 1 is 1.19 bits per heavy atom. The van der Waals surface area contributed by atoms with E-state index < -0.39 is 0 Å². The van der Waals surface area contributed by atoms with E-state index in [0.717, 1.165) is 45.0 Å². The highest BCUT2D eigenvalue weighted by atomic mass is 32.1. The number of carbonyl (C=O) groups excluding carboxylic acids is 1. The van der Waals surface area contributed by atoms with Crippen molar-refractivity contribution >= 4 is 28.9 Å². The number of hydrogen-bond donors (Lipinski definition) is 2. The summed E-state index contributed by atoms with van der Waals surface area (Å²) in [5.74, 6) is 0.967. The van der Waals surface area contributed by atoms with Gasteiger partial charge in [0.05, 0.1) is 11.9 Å². The van der Waals surface area contributed by atoms with E-state index in [2.05, 4.69) is 42.9 Å². The standard InChI is InChI=1S/C20H29N5OS/c1-20(2,3)23-19(26)22-16-7-8-18(21-14-16)25-10-5-9-24(11-12-25)15-17-6-4-13-27-17/h4,6-8,13-14H,5,9-12,15H2,1-3H3,(H2,22,23,26). The summed E-state index contributed by atoms with van der Waals surface area (Å²) < 4.78 is 0. The molecule has 0 aliphatic carbocycles. The van der Waals surface area contributed by atoms with Crippen LogP contribution >= 0.6 is 11.3 Å². The van der Waals surface area contributed by atoms with E-state index in [1.54, 1.807) is 6.20 Å². The number of urea groups is 1. The molecule has 27 heavy (non-hydrogen) atoms. The fraction of sp³-hybridized carbons (Fsp3) is 0.500. The van der Waals surface area contributed by atoms with Crippen molar-refractivity contribution in [2.24, 2.45) is 0 Å². The van der Waals surface area contributed by atoms with Crippen molar-refractivity contribution in [3.63, 3.8) is 0 Å². The van der Waals surface area contributed by atoms with Crippen LogP contribution in [-0.4, -0.2) is 47.6 Å². The molecule has 1 aliphatic heterocycles. The lowest BCUT2D eigenvalue weighted by Gasteiger charge is -2.23. The van der Waals surface area contributed by atoms with Crippen molar-refractivity contribution in [2.75, 3.05) is 36.4 Å². The van der Waals surface area contributed by atoms with Crippen LogP contribution in [0.3, 0.4) is 0 Å². The number of aromatic nitrogens is 1. The average molecular weight is 388 g/mol. The van der Waals surface area contributed by atoms with Gasteiger partial charge in [-0.15, -0.1) is 11.3 Å². The zero-order valence-electron chi connectivity index (χ0n) is 16.4. The molecule has 6 nitrogen and oxygen atoms in total. The highest BCUT2D eigenvalue weighted by Crippen LogP contribution is 2.18. The Bertz CT molecular complexity index is 724. The highest BCUT2D eigenvalue weighted by Gasteiger charge is 2.17. The third-order valence-electron chi connectivity index (χ3n) is 4.37. The summed E-state index contributed by atoms with van der Waals surface area (Å²) in [6.07, 6.45) is 2.85. The lowest BCUT2D eigenvalue weighted by atomic mass is 10.1. The zero-order chi connectivity index (χ0) is 19.3. The van der Waals surface area contributed by atoms with Crippen LogP contribution < -0.4 is 15.5 Å². The number of nitrogens with one attached hydrogen (secondary N) is 2. The fourth-order valence-corrected chi connectivity index (χ4v) is 3.88. The first-order valence-electron chi connectivity index (χ1n) is 9.44. The van der Waals surface area contributed by atoms with Gasteiger partial charge in [-0.05, 0) is 50.8 Å². The highest BCUT2D eigenvalue weighted by molar-refractivity contribution is 7.09. The number of pyridine rings is 1. The molecule has 146 valence electrons. The topological polar surface area (TPSA) is 60.5 Å². The number of rotatable bonds is 4. The number of thiophene rings is 1. The van der Waals surface area contributed by atoms with Gasteiger partial charge in [0.15, 0.2) is 0 Å². The van der Waals surface area contributed by atoms with Crippen LogP contribution in [0, 0.1) is 0 Å². The molecular formula is C20H29N5OS. The van der Waals surface area contributed by atoms with Crippen LogP contribution in [0.15, 0.2) is 35.8 Å². The lowest BCUT2D eigenvalue weighted by Crippen LogP contribution is -2.43. The molecule has 2 aromatic rings. The molecule has 0 saturated carbocycles. The summed E-state index contributed by atoms with van der Waals surface area (Å²) in [4.78, 5) is 22.8. The van der Waals surface area contributed by atoms with Crippen LogP contribution in [0.5, 0.6) is 0 Å². The molecule has 0 spiro atoms. The Morgan fingerprint density at radius 3 is 2.70 bits per heavy atom. The van der Waals surface area contributed by atoms with Crippen LogP contribution in [0.4, 0.5) is 16.3 Å². The molecule has 0 radical (unpaired) electrons. The third-order valence-corrected chi connectivity index (χ3v) is 5.23. The quantitative estimate of drug-likeness (QED) is 0.838. The molecule has 0 aromatic carbocycles. The van der Waals surface area contributed by atoms with Crippen LogP contribution in [-0.2, 0) is 6.54 Å². The number of carbonyl (C=O) groups is 1. The molecule has 7 heteroatoms. The first kappa shape index (κ1) is 19.6. The van der Waals surface area contributed by atoms with Crippen LogP contribution in [0.1, 0.15) is 32.1 Å². The normalized spacial score (nSPS) is 16.0. The molecule has 1 aliphatic rings. The second-order valence-corrected chi connectivity index (χ2v) is 8.96. The van der Waals surface area contributed by atoms with Gasteiger partial charge in [0, 0.05) is 43.1 Å². The second-order valence-electron chi connectivity index (χ2n) is 7.93. The van der Waals surface area contributed by atoms with Gasteiger partial charge in [0.2, 0.25) is 0 Å². The van der Waals surface area contributed by atoms with E-state index in [1.807, 2.05) is 44.2 Å². The molecule has 2 aromatic heterocycles. The summed E-state index contributed by atoms with van der Waals surface area (Å²) in [5.41, 5.74) is 0.438. The van der Waals surface area contributed by atoms with Crippen molar-refractivity contribution in [1.82, 2.24) is 15.2 Å². The van der Waals surface area contributed by atoms with Crippen molar-refractivity contribution in [3.8, 4) is 0 Å². The minimum Gasteiger partial charge on any atom is -0.355 e. The fourth-order valence-electron chi connectivity index (χ4n) is 3.13. The lowest BCUT2D eigenvalue weighted by molar-refractivity contribution is 0.244. The maximum Gasteiger partial charge on any atom is 0.319 e. The predicted molar refractivity (Wildman–Crippen MR) is 113 cm³/mol. The first-order chi connectivity index (χ1) is 12.9. The molecule has 1 saturated heterocycles. The number of hydrogen-bond acceptors (Lipinski definition) is 5. The largest absolute Gasteiger partial charge is 0.355 e. The van der Waals surface area contributed by atoms with Crippen molar-refractivity contribution in [1.29, 1.82) is 0 Å². The van der Waals surface area contributed by atoms with Gasteiger partial charge < -0.3 is 15.5 Å². The van der Waals surface area contributed by atoms with Crippen molar-refractivity contribution < 1.29 is 4.79 Å². The Hall–Kier alpha value is -2.12. The average Bonchev–Trinajstić information content (AvgIpc) is 2.98. The van der Waals surface area contributed by atoms with Gasteiger partial charge in [0.25, 0.3) is 0 Å². The zero-order valence-corrected chi connectivity index (χ0v) is 17.2. The summed E-state index contributed by atoms with van der Waals surface area (Å²) >= 11 is 1.82. The second kappa shape index (κ2) is 8.71. The molecule has 2 amide bonds.